The molecule has 8 nitrogen and oxygen atoms in total. The normalized spacial score (nSPS) is 17.8. The van der Waals surface area contributed by atoms with E-state index in [-0.39, 0.29) is 28.1 Å². The summed E-state index contributed by atoms with van der Waals surface area (Å²) in [5.41, 5.74) is -1.93. The zero-order chi connectivity index (χ0) is 29.5. The molecule has 15 heteroatoms. The number of carbonyl (C=O) groups is 2. The number of rotatable bonds is 3. The molecule has 39 heavy (non-hydrogen) atoms. The quantitative estimate of drug-likeness (QED) is 0.451. The van der Waals surface area contributed by atoms with Crippen LogP contribution in [-0.2, 0) is 20.7 Å². The fourth-order valence-electron chi connectivity index (χ4n) is 3.97. The van der Waals surface area contributed by atoms with Crippen LogP contribution in [0, 0.1) is 22.7 Å². The van der Waals surface area contributed by atoms with E-state index < -0.39 is 50.5 Å². The number of carbonyl (C=O) groups excluding carboxylic acids is 2. The van der Waals surface area contributed by atoms with Crippen molar-refractivity contribution in [1.82, 2.24) is 4.90 Å². The SMILES string of the molecule is CC1=C(C#N)[C@@H](c2ccc(C#N)cc2S(C)(=O)=NC(=O)C(F)(F)F)N(C)C(=O)N1c1cccc(C(F)(F)F)c1. The molecule has 0 saturated carbocycles. The predicted octanol–water partition coefficient (Wildman–Crippen LogP) is 5.53. The van der Waals surface area contributed by atoms with Gasteiger partial charge in [-0.1, -0.05) is 12.1 Å². The van der Waals surface area contributed by atoms with E-state index >= 15 is 0 Å². The van der Waals surface area contributed by atoms with Gasteiger partial charge in [0.1, 0.15) is 0 Å². The number of hydrogen-bond donors (Lipinski definition) is 0. The Morgan fingerprint density at radius 2 is 1.69 bits per heavy atom. The molecule has 0 bridgehead atoms. The highest BCUT2D eigenvalue weighted by atomic mass is 32.2. The van der Waals surface area contributed by atoms with Crippen LogP contribution in [0.15, 0.2) is 63.0 Å². The number of halogens is 6. The molecule has 0 fully saturated rings. The van der Waals surface area contributed by atoms with Crippen LogP contribution in [0.3, 0.4) is 0 Å². The third-order valence-corrected chi connectivity index (χ3v) is 7.46. The summed E-state index contributed by atoms with van der Waals surface area (Å²) in [7, 11) is -3.01. The molecular weight excluding hydrogens is 552 g/mol. The standard InChI is InChI=1S/C24H17F6N5O3S/c1-13-18(12-32)20(34(2)22(37)35(13)16-6-4-5-15(10-16)23(25,26)27)17-8-7-14(11-31)9-19(17)39(3,38)33-21(36)24(28,29)30/h4-10,20H,1-3H3/t20-,39?/m1/s1. The van der Waals surface area contributed by atoms with Crippen molar-refractivity contribution in [1.29, 1.82) is 10.5 Å². The van der Waals surface area contributed by atoms with E-state index in [0.29, 0.717) is 6.07 Å². The van der Waals surface area contributed by atoms with Crippen molar-refractivity contribution in [3.05, 3.63) is 70.4 Å². The zero-order valence-electron chi connectivity index (χ0n) is 20.3. The lowest BCUT2D eigenvalue weighted by molar-refractivity contribution is -0.169. The highest BCUT2D eigenvalue weighted by Gasteiger charge is 2.42. The van der Waals surface area contributed by atoms with Crippen LogP contribution in [0.4, 0.5) is 36.8 Å². The Labute approximate surface area is 218 Å². The van der Waals surface area contributed by atoms with Crippen LogP contribution in [-0.4, -0.2) is 40.5 Å². The molecule has 1 aliphatic rings. The van der Waals surface area contributed by atoms with E-state index in [1.807, 2.05) is 6.07 Å². The maximum Gasteiger partial charge on any atom is 0.474 e. The minimum absolute atomic E-state index is 0.105. The molecule has 204 valence electrons. The molecular formula is C24H17F6N5O3S. The fraction of sp³-hybridized carbons (Fsp3) is 0.250. The average Bonchev–Trinajstić information content (AvgIpc) is 2.84. The van der Waals surface area contributed by atoms with Crippen molar-refractivity contribution in [2.45, 2.75) is 30.2 Å². The maximum absolute atomic E-state index is 13.4. The number of benzene rings is 2. The fourth-order valence-corrected chi connectivity index (χ4v) is 5.45. The summed E-state index contributed by atoms with van der Waals surface area (Å²) in [5.74, 6) is -2.64. The number of allylic oxidation sites excluding steroid dienone is 1. The molecule has 2 aromatic carbocycles. The number of urea groups is 1. The molecule has 3 amide bonds. The third-order valence-electron chi connectivity index (χ3n) is 5.78. The Balaban J connectivity index is 2.29. The second-order valence-corrected chi connectivity index (χ2v) is 10.6. The lowest BCUT2D eigenvalue weighted by atomic mass is 9.93. The molecule has 0 saturated heterocycles. The smallest absolute Gasteiger partial charge is 0.315 e. The molecule has 0 N–H and O–H groups in total. The molecule has 0 spiro atoms. The van der Waals surface area contributed by atoms with Gasteiger partial charge in [0.15, 0.2) is 0 Å². The minimum atomic E-state index is -5.44. The largest absolute Gasteiger partial charge is 0.474 e. The summed E-state index contributed by atoms with van der Waals surface area (Å²) >= 11 is 0. The van der Waals surface area contributed by atoms with E-state index in [2.05, 4.69) is 4.36 Å². The van der Waals surface area contributed by atoms with Gasteiger partial charge in [-0.05, 0) is 42.8 Å². The first-order valence-corrected chi connectivity index (χ1v) is 12.6. The molecule has 0 aliphatic carbocycles. The lowest BCUT2D eigenvalue weighted by Gasteiger charge is -2.40. The van der Waals surface area contributed by atoms with Crippen molar-refractivity contribution in [3.63, 3.8) is 0 Å². The molecule has 2 atom stereocenters. The zero-order valence-corrected chi connectivity index (χ0v) is 21.1. The summed E-state index contributed by atoms with van der Waals surface area (Å²) < 4.78 is 94.7. The molecule has 0 aromatic heterocycles. The number of likely N-dealkylation sites (N-methyl/N-ethyl adjacent to an activating group) is 1. The second-order valence-electron chi connectivity index (χ2n) is 8.35. The summed E-state index contributed by atoms with van der Waals surface area (Å²) in [6.07, 6.45) is -9.43. The molecule has 2 aromatic rings. The molecule has 0 radical (unpaired) electrons. The monoisotopic (exact) mass is 569 g/mol. The molecule has 1 heterocycles. The van der Waals surface area contributed by atoms with Crippen molar-refractivity contribution in [3.8, 4) is 12.1 Å². The summed E-state index contributed by atoms with van der Waals surface area (Å²) in [4.78, 5) is 26.2. The van der Waals surface area contributed by atoms with Crippen molar-refractivity contribution < 1.29 is 40.1 Å². The number of hydrogen-bond acceptors (Lipinski definition) is 5. The van der Waals surface area contributed by atoms with Gasteiger partial charge in [0.2, 0.25) is 0 Å². The summed E-state index contributed by atoms with van der Waals surface area (Å²) in [5, 5.41) is 19.3. The van der Waals surface area contributed by atoms with Gasteiger partial charge in [0, 0.05) is 19.0 Å². The Hall–Kier alpha value is -4.37. The van der Waals surface area contributed by atoms with Crippen LogP contribution < -0.4 is 4.90 Å². The predicted molar refractivity (Wildman–Crippen MR) is 125 cm³/mol. The Morgan fingerprint density at radius 3 is 2.23 bits per heavy atom. The Kier molecular flexibility index (Phi) is 7.54. The minimum Gasteiger partial charge on any atom is -0.315 e. The number of amides is 3. The van der Waals surface area contributed by atoms with E-state index in [4.69, 9.17) is 0 Å². The van der Waals surface area contributed by atoms with Crippen LogP contribution in [0.5, 0.6) is 0 Å². The summed E-state index contributed by atoms with van der Waals surface area (Å²) in [6, 6.07) is 8.33. The third kappa shape index (κ3) is 5.58. The summed E-state index contributed by atoms with van der Waals surface area (Å²) in [6.45, 7) is 1.28. The van der Waals surface area contributed by atoms with Gasteiger partial charge < -0.3 is 4.90 Å². The van der Waals surface area contributed by atoms with E-state index in [9.17, 15) is 50.7 Å². The highest BCUT2D eigenvalue weighted by Crippen LogP contribution is 2.42. The highest BCUT2D eigenvalue weighted by molar-refractivity contribution is 7.93. The first-order chi connectivity index (χ1) is 17.9. The van der Waals surface area contributed by atoms with Crippen molar-refractivity contribution in [2.24, 2.45) is 4.36 Å². The maximum atomic E-state index is 13.4. The topological polar surface area (TPSA) is 118 Å². The number of alkyl halides is 6. The van der Waals surface area contributed by atoms with Gasteiger partial charge in [0.05, 0.1) is 55.2 Å². The van der Waals surface area contributed by atoms with Gasteiger partial charge in [-0.3, -0.25) is 9.69 Å². The van der Waals surface area contributed by atoms with Crippen LogP contribution in [0.2, 0.25) is 0 Å². The van der Waals surface area contributed by atoms with Gasteiger partial charge in [0.25, 0.3) is 0 Å². The van der Waals surface area contributed by atoms with E-state index in [0.717, 1.165) is 40.3 Å². The Morgan fingerprint density at radius 1 is 1.05 bits per heavy atom. The number of nitriles is 2. The average molecular weight is 569 g/mol. The second kappa shape index (κ2) is 10.1. The first kappa shape index (κ1) is 29.2. The van der Waals surface area contributed by atoms with Crippen molar-refractivity contribution >= 4 is 27.4 Å². The number of nitrogens with zero attached hydrogens (tertiary/aromatic N) is 5. The lowest BCUT2D eigenvalue weighted by Crippen LogP contribution is -2.47. The van der Waals surface area contributed by atoms with Gasteiger partial charge >= 0.3 is 24.3 Å². The van der Waals surface area contributed by atoms with Crippen molar-refractivity contribution in [2.75, 3.05) is 18.2 Å². The van der Waals surface area contributed by atoms with Gasteiger partial charge in [-0.15, -0.1) is 4.36 Å². The molecule has 1 unspecified atom stereocenters. The number of anilines is 1. The molecule has 1 aliphatic heterocycles. The molecule has 3 rings (SSSR count). The van der Waals surface area contributed by atoms with Gasteiger partial charge in [-0.25, -0.2) is 9.00 Å². The van der Waals surface area contributed by atoms with E-state index in [1.54, 1.807) is 6.07 Å². The Bertz CT molecular complexity index is 1610. The first-order valence-electron chi connectivity index (χ1n) is 10.7. The van der Waals surface area contributed by atoms with Gasteiger partial charge in [-0.2, -0.15) is 36.9 Å². The van der Waals surface area contributed by atoms with Crippen LogP contribution in [0.25, 0.3) is 0 Å². The van der Waals surface area contributed by atoms with Crippen LogP contribution in [0.1, 0.15) is 29.7 Å². The van der Waals surface area contributed by atoms with E-state index in [1.165, 1.54) is 26.1 Å². The van der Waals surface area contributed by atoms with Crippen LogP contribution >= 0.6 is 0 Å².